The zero-order valence-electron chi connectivity index (χ0n) is 7.00. The molecule has 0 amide bonds. The zero-order valence-corrected chi connectivity index (χ0v) is 8.52. The van der Waals surface area contributed by atoms with Crippen molar-refractivity contribution in [1.29, 1.82) is 0 Å². The Morgan fingerprint density at radius 3 is 2.62 bits per heavy atom. The summed E-state index contributed by atoms with van der Waals surface area (Å²) in [7, 11) is 0. The van der Waals surface area contributed by atoms with E-state index in [9.17, 15) is 0 Å². The first-order valence-corrected chi connectivity index (χ1v) is 4.72. The van der Waals surface area contributed by atoms with Crippen molar-refractivity contribution in [3.63, 3.8) is 0 Å². The standard InChI is InChI=1S/C10H10Cl2O/c11-9-5-4-8(7-10(9)12)3-1-2-6-13/h1,3-5,7,13H,2,6H2. The minimum absolute atomic E-state index is 0.165. The topological polar surface area (TPSA) is 20.2 Å². The summed E-state index contributed by atoms with van der Waals surface area (Å²) < 4.78 is 0. The highest BCUT2D eigenvalue weighted by molar-refractivity contribution is 6.42. The van der Waals surface area contributed by atoms with E-state index in [0.717, 1.165) is 5.56 Å². The maximum Gasteiger partial charge on any atom is 0.0598 e. The summed E-state index contributed by atoms with van der Waals surface area (Å²) in [4.78, 5) is 0. The van der Waals surface area contributed by atoms with Crippen molar-refractivity contribution in [2.45, 2.75) is 6.42 Å². The molecule has 3 heteroatoms. The van der Waals surface area contributed by atoms with Gasteiger partial charge in [-0.25, -0.2) is 0 Å². The van der Waals surface area contributed by atoms with Crippen molar-refractivity contribution in [2.75, 3.05) is 6.61 Å². The van der Waals surface area contributed by atoms with Crippen LogP contribution in [0, 0.1) is 0 Å². The third-order valence-electron chi connectivity index (χ3n) is 1.55. The van der Waals surface area contributed by atoms with E-state index in [2.05, 4.69) is 0 Å². The molecule has 0 aromatic heterocycles. The van der Waals surface area contributed by atoms with E-state index in [1.54, 1.807) is 12.1 Å². The second kappa shape index (κ2) is 5.28. The van der Waals surface area contributed by atoms with E-state index in [0.29, 0.717) is 16.5 Å². The first kappa shape index (κ1) is 10.6. The molecule has 0 saturated carbocycles. The Labute approximate surface area is 87.6 Å². The lowest BCUT2D eigenvalue weighted by atomic mass is 10.2. The van der Waals surface area contributed by atoms with E-state index in [4.69, 9.17) is 28.3 Å². The molecule has 1 aromatic rings. The lowest BCUT2D eigenvalue weighted by Gasteiger charge is -1.96. The normalized spacial score (nSPS) is 11.0. The minimum Gasteiger partial charge on any atom is -0.396 e. The Bertz CT molecular complexity index is 308. The average molecular weight is 217 g/mol. The van der Waals surface area contributed by atoms with Crippen LogP contribution in [0.5, 0.6) is 0 Å². The van der Waals surface area contributed by atoms with E-state index in [1.807, 2.05) is 18.2 Å². The quantitative estimate of drug-likeness (QED) is 0.822. The van der Waals surface area contributed by atoms with Gasteiger partial charge in [-0.15, -0.1) is 0 Å². The fraction of sp³-hybridized carbons (Fsp3) is 0.200. The smallest absolute Gasteiger partial charge is 0.0598 e. The van der Waals surface area contributed by atoms with Gasteiger partial charge in [-0.3, -0.25) is 0 Å². The van der Waals surface area contributed by atoms with Crippen molar-refractivity contribution >= 4 is 29.3 Å². The van der Waals surface area contributed by atoms with Crippen LogP contribution in [0.3, 0.4) is 0 Å². The van der Waals surface area contributed by atoms with Crippen LogP contribution >= 0.6 is 23.2 Å². The lowest BCUT2D eigenvalue weighted by molar-refractivity contribution is 0.303. The van der Waals surface area contributed by atoms with E-state index in [1.165, 1.54) is 0 Å². The van der Waals surface area contributed by atoms with Crippen LogP contribution in [0.15, 0.2) is 24.3 Å². The molecule has 0 spiro atoms. The Morgan fingerprint density at radius 2 is 2.00 bits per heavy atom. The summed E-state index contributed by atoms with van der Waals surface area (Å²) in [5, 5.41) is 9.65. The predicted molar refractivity (Wildman–Crippen MR) is 57.2 cm³/mol. The van der Waals surface area contributed by atoms with Crippen molar-refractivity contribution in [3.05, 3.63) is 39.9 Å². The van der Waals surface area contributed by atoms with Crippen LogP contribution in [0.2, 0.25) is 10.0 Å². The van der Waals surface area contributed by atoms with Crippen LogP contribution in [0.4, 0.5) is 0 Å². The van der Waals surface area contributed by atoms with Crippen molar-refractivity contribution in [2.24, 2.45) is 0 Å². The van der Waals surface area contributed by atoms with Crippen LogP contribution in [-0.4, -0.2) is 11.7 Å². The molecule has 1 aromatic carbocycles. The molecule has 0 aliphatic rings. The van der Waals surface area contributed by atoms with Crippen LogP contribution < -0.4 is 0 Å². The Hall–Kier alpha value is -0.500. The molecule has 0 fully saturated rings. The monoisotopic (exact) mass is 216 g/mol. The molecule has 13 heavy (non-hydrogen) atoms. The number of hydrogen-bond acceptors (Lipinski definition) is 1. The van der Waals surface area contributed by atoms with Crippen LogP contribution in [0.25, 0.3) is 6.08 Å². The molecule has 1 N–H and O–H groups in total. The highest BCUT2D eigenvalue weighted by atomic mass is 35.5. The first-order chi connectivity index (χ1) is 6.24. The molecule has 0 aliphatic heterocycles. The Morgan fingerprint density at radius 1 is 1.23 bits per heavy atom. The summed E-state index contributed by atoms with van der Waals surface area (Å²) in [6.07, 6.45) is 4.44. The third kappa shape index (κ3) is 3.39. The zero-order chi connectivity index (χ0) is 9.68. The van der Waals surface area contributed by atoms with Crippen molar-refractivity contribution in [3.8, 4) is 0 Å². The summed E-state index contributed by atoms with van der Waals surface area (Å²) in [6, 6.07) is 5.42. The van der Waals surface area contributed by atoms with Gasteiger partial charge in [0.1, 0.15) is 0 Å². The molecule has 0 aliphatic carbocycles. The van der Waals surface area contributed by atoms with Gasteiger partial charge in [-0.05, 0) is 24.1 Å². The number of aliphatic hydroxyl groups excluding tert-OH is 1. The number of aliphatic hydroxyl groups is 1. The minimum atomic E-state index is 0.165. The van der Waals surface area contributed by atoms with E-state index in [-0.39, 0.29) is 6.61 Å². The second-order valence-electron chi connectivity index (χ2n) is 2.59. The molecule has 0 atom stereocenters. The molecule has 1 nitrogen and oxygen atoms in total. The van der Waals surface area contributed by atoms with E-state index >= 15 is 0 Å². The molecule has 70 valence electrons. The summed E-state index contributed by atoms with van der Waals surface area (Å²) in [5.74, 6) is 0. The SMILES string of the molecule is OCCC=Cc1ccc(Cl)c(Cl)c1. The largest absolute Gasteiger partial charge is 0.396 e. The van der Waals surface area contributed by atoms with Gasteiger partial charge in [0, 0.05) is 6.61 Å². The fourth-order valence-electron chi connectivity index (χ4n) is 0.910. The van der Waals surface area contributed by atoms with Gasteiger partial charge in [0.2, 0.25) is 0 Å². The molecule has 1 rings (SSSR count). The average Bonchev–Trinajstić information content (AvgIpc) is 2.12. The van der Waals surface area contributed by atoms with Gasteiger partial charge in [0.05, 0.1) is 10.0 Å². The molecule has 0 radical (unpaired) electrons. The van der Waals surface area contributed by atoms with Crippen LogP contribution in [0.1, 0.15) is 12.0 Å². The Kier molecular flexibility index (Phi) is 4.29. The van der Waals surface area contributed by atoms with Gasteiger partial charge >= 0.3 is 0 Å². The highest BCUT2D eigenvalue weighted by Gasteiger charge is 1.95. The Balaban J connectivity index is 2.73. The maximum absolute atomic E-state index is 8.54. The van der Waals surface area contributed by atoms with Crippen molar-refractivity contribution < 1.29 is 5.11 Å². The number of benzene rings is 1. The molecular formula is C10H10Cl2O. The summed E-state index contributed by atoms with van der Waals surface area (Å²) in [5.41, 5.74) is 0.989. The van der Waals surface area contributed by atoms with E-state index < -0.39 is 0 Å². The number of hydrogen-bond donors (Lipinski definition) is 1. The third-order valence-corrected chi connectivity index (χ3v) is 2.29. The molecular weight excluding hydrogens is 207 g/mol. The molecule has 0 bridgehead atoms. The maximum atomic E-state index is 8.54. The van der Waals surface area contributed by atoms with Gasteiger partial charge in [0.15, 0.2) is 0 Å². The molecule has 0 heterocycles. The molecule has 0 saturated heterocycles. The van der Waals surface area contributed by atoms with Crippen LogP contribution in [-0.2, 0) is 0 Å². The summed E-state index contributed by atoms with van der Waals surface area (Å²) >= 11 is 11.6. The first-order valence-electron chi connectivity index (χ1n) is 3.96. The number of rotatable bonds is 3. The highest BCUT2D eigenvalue weighted by Crippen LogP contribution is 2.23. The number of halogens is 2. The predicted octanol–water partition coefficient (Wildman–Crippen LogP) is 3.39. The summed E-state index contributed by atoms with van der Waals surface area (Å²) in [6.45, 7) is 0.165. The lowest BCUT2D eigenvalue weighted by Crippen LogP contribution is -1.77. The fourth-order valence-corrected chi connectivity index (χ4v) is 1.22. The van der Waals surface area contributed by atoms with Gasteiger partial charge in [-0.1, -0.05) is 41.4 Å². The van der Waals surface area contributed by atoms with Gasteiger partial charge < -0.3 is 5.11 Å². The van der Waals surface area contributed by atoms with Crippen molar-refractivity contribution in [1.82, 2.24) is 0 Å². The van der Waals surface area contributed by atoms with Gasteiger partial charge in [-0.2, -0.15) is 0 Å². The second-order valence-corrected chi connectivity index (χ2v) is 3.40. The van der Waals surface area contributed by atoms with Gasteiger partial charge in [0.25, 0.3) is 0 Å². The molecule has 0 unspecified atom stereocenters.